The molecule has 39 heavy (non-hydrogen) atoms. The van der Waals surface area contributed by atoms with Crippen molar-refractivity contribution in [1.82, 2.24) is 9.71 Å². The number of aromatic nitrogens is 1. The molecule has 3 N–H and O–H groups in total. The summed E-state index contributed by atoms with van der Waals surface area (Å²) in [5, 5.41) is 0. The van der Waals surface area contributed by atoms with E-state index in [1.54, 1.807) is 18.2 Å². The van der Waals surface area contributed by atoms with Gasteiger partial charge in [-0.05, 0) is 74.6 Å². The zero-order valence-corrected chi connectivity index (χ0v) is 23.7. The molecule has 10 heteroatoms. The minimum atomic E-state index is -4.19. The molecule has 0 saturated carbocycles. The summed E-state index contributed by atoms with van der Waals surface area (Å²) in [6, 6.07) is 13.2. The minimum Gasteiger partial charge on any atom is -0.493 e. The fraction of sp³-hybridized carbons (Fsp3) is 0.379. The van der Waals surface area contributed by atoms with Gasteiger partial charge < -0.3 is 15.4 Å². The van der Waals surface area contributed by atoms with Crippen molar-refractivity contribution in [3.8, 4) is 17.0 Å². The molecule has 0 aliphatic carbocycles. The number of benzene rings is 2. The van der Waals surface area contributed by atoms with Gasteiger partial charge in [0.15, 0.2) is 0 Å². The third kappa shape index (κ3) is 6.50. The molecule has 212 valence electrons. The van der Waals surface area contributed by atoms with Crippen LogP contribution in [-0.2, 0) is 10.0 Å². The number of carbonyl (C=O) groups excluding carboxylic acids is 1. The van der Waals surface area contributed by atoms with E-state index in [1.165, 1.54) is 36.4 Å². The number of nitrogens with one attached hydrogen (secondary N) is 1. The Labute approximate surface area is 232 Å². The second kappa shape index (κ2) is 10.8. The molecule has 1 aliphatic rings. The first-order chi connectivity index (χ1) is 18.2. The lowest BCUT2D eigenvalue weighted by Crippen LogP contribution is -2.41. The summed E-state index contributed by atoms with van der Waals surface area (Å²) in [5.74, 6) is 0.00916. The normalized spacial score (nSPS) is 16.9. The molecule has 8 nitrogen and oxygen atoms in total. The molecule has 1 atom stereocenters. The van der Waals surface area contributed by atoms with E-state index in [0.717, 1.165) is 6.42 Å². The van der Waals surface area contributed by atoms with E-state index in [2.05, 4.69) is 25.5 Å². The van der Waals surface area contributed by atoms with Crippen LogP contribution in [0.2, 0.25) is 0 Å². The number of nitrogens with two attached hydrogens (primary N) is 1. The van der Waals surface area contributed by atoms with E-state index in [4.69, 9.17) is 15.5 Å². The first-order valence-electron chi connectivity index (χ1n) is 12.9. The Bertz CT molecular complexity index is 1500. The van der Waals surface area contributed by atoms with Gasteiger partial charge >= 0.3 is 0 Å². The quantitative estimate of drug-likeness (QED) is 0.339. The number of nitrogen functional groups attached to an aromatic ring is 1. The molecule has 0 bridgehead atoms. The van der Waals surface area contributed by atoms with Crippen LogP contribution in [0.5, 0.6) is 5.75 Å². The number of ether oxygens (including phenoxy) is 1. The number of rotatable bonds is 8. The Hall–Kier alpha value is -3.66. The largest absolute Gasteiger partial charge is 0.493 e. The number of carbonyl (C=O) groups is 1. The predicted octanol–water partition coefficient (Wildman–Crippen LogP) is 5.74. The highest BCUT2D eigenvalue weighted by atomic mass is 32.2. The number of nitrogens with zero attached hydrogens (tertiary/aromatic N) is 2. The Morgan fingerprint density at radius 1 is 1.23 bits per heavy atom. The van der Waals surface area contributed by atoms with E-state index in [1.807, 2.05) is 18.7 Å². The van der Waals surface area contributed by atoms with Gasteiger partial charge in [-0.3, -0.25) is 4.79 Å². The van der Waals surface area contributed by atoms with Crippen LogP contribution in [-0.4, -0.2) is 38.0 Å². The summed E-state index contributed by atoms with van der Waals surface area (Å²) in [5.41, 5.74) is 6.68. The summed E-state index contributed by atoms with van der Waals surface area (Å²) < 4.78 is 48.4. The molecule has 0 spiro atoms. The number of hydrogen-bond acceptors (Lipinski definition) is 7. The Kier molecular flexibility index (Phi) is 7.88. The third-order valence-corrected chi connectivity index (χ3v) is 7.92. The number of amides is 1. The van der Waals surface area contributed by atoms with Crippen LogP contribution in [0.15, 0.2) is 59.5 Å². The first-order valence-corrected chi connectivity index (χ1v) is 14.4. The number of sulfonamides is 1. The topological polar surface area (TPSA) is 115 Å². The van der Waals surface area contributed by atoms with Crippen molar-refractivity contribution in [2.24, 2.45) is 11.8 Å². The van der Waals surface area contributed by atoms with Gasteiger partial charge in [0.2, 0.25) is 0 Å². The summed E-state index contributed by atoms with van der Waals surface area (Å²) in [6.45, 7) is 11.3. The average Bonchev–Trinajstić information content (AvgIpc) is 3.13. The highest BCUT2D eigenvalue weighted by molar-refractivity contribution is 7.90. The minimum absolute atomic E-state index is 0. The molecule has 0 radical (unpaired) electrons. The number of anilines is 2. The molecular weight excluding hydrogens is 519 g/mol. The van der Waals surface area contributed by atoms with E-state index in [-0.39, 0.29) is 30.5 Å². The van der Waals surface area contributed by atoms with Crippen LogP contribution >= 0.6 is 0 Å². The zero-order chi connectivity index (χ0) is 28.5. The van der Waals surface area contributed by atoms with Gasteiger partial charge in [-0.2, -0.15) is 0 Å². The van der Waals surface area contributed by atoms with Gasteiger partial charge in [-0.1, -0.05) is 26.8 Å². The maximum atomic E-state index is 14.5. The zero-order valence-electron chi connectivity index (χ0n) is 22.9. The van der Waals surface area contributed by atoms with Gasteiger partial charge in [0.25, 0.3) is 15.9 Å². The lowest BCUT2D eigenvalue weighted by molar-refractivity contribution is 0.0981. The molecule has 2 aromatic carbocycles. The Balaban J connectivity index is 0.00000294. The van der Waals surface area contributed by atoms with E-state index in [9.17, 15) is 17.6 Å². The van der Waals surface area contributed by atoms with Crippen molar-refractivity contribution < 1.29 is 25.2 Å². The molecule has 1 saturated heterocycles. The maximum absolute atomic E-state index is 14.5. The number of pyridine rings is 1. The van der Waals surface area contributed by atoms with Gasteiger partial charge in [-0.25, -0.2) is 22.5 Å². The highest BCUT2D eigenvalue weighted by Gasteiger charge is 2.39. The summed E-state index contributed by atoms with van der Waals surface area (Å²) >= 11 is 0. The molecule has 1 aliphatic heterocycles. The maximum Gasteiger partial charge on any atom is 0.268 e. The fourth-order valence-corrected chi connectivity index (χ4v) is 5.95. The molecule has 1 unspecified atom stereocenters. The standard InChI is InChI=1S/C29H35FN4O4S.2H2/c1-18(2)17-38-23-12-20(11-21(30)13-23)26-10-9-25(27(32-26)34-16-19(3)15-29(34,4)5)28(35)33-39(36,37)24-8-6-7-22(31)14-24;;/h6-14,18-19H,15-17,31H2,1-5H3,(H,33,35);2*1H. The lowest BCUT2D eigenvalue weighted by atomic mass is 9.97. The molecular formula is C29H39FN4O4S. The van der Waals surface area contributed by atoms with Crippen LogP contribution in [0.1, 0.15) is 54.3 Å². The smallest absolute Gasteiger partial charge is 0.268 e. The summed E-state index contributed by atoms with van der Waals surface area (Å²) in [4.78, 5) is 20.1. The molecule has 1 fully saturated rings. The SMILES string of the molecule is CC(C)COc1cc(F)cc(-c2ccc(C(=O)NS(=O)(=O)c3cccc(N)c3)c(N3CC(C)CC3(C)C)n2)c1.[HH].[HH]. The molecule has 2 heterocycles. The van der Waals surface area contributed by atoms with Crippen molar-refractivity contribution in [2.75, 3.05) is 23.8 Å². The Morgan fingerprint density at radius 3 is 2.62 bits per heavy atom. The molecule has 1 aromatic heterocycles. The van der Waals surface area contributed by atoms with Gasteiger partial charge in [0.05, 0.1) is 22.8 Å². The second-order valence-corrected chi connectivity index (χ2v) is 12.9. The molecule has 4 rings (SSSR count). The van der Waals surface area contributed by atoms with Crippen LogP contribution in [0.4, 0.5) is 15.9 Å². The average molecular weight is 559 g/mol. The van der Waals surface area contributed by atoms with Gasteiger partial charge in [-0.15, -0.1) is 0 Å². The van der Waals surface area contributed by atoms with Crippen molar-refractivity contribution >= 4 is 27.4 Å². The number of hydrogen-bond donors (Lipinski definition) is 2. The van der Waals surface area contributed by atoms with Crippen molar-refractivity contribution in [2.45, 2.75) is 51.5 Å². The van der Waals surface area contributed by atoms with Crippen molar-refractivity contribution in [1.29, 1.82) is 0 Å². The van der Waals surface area contributed by atoms with Crippen LogP contribution in [0.3, 0.4) is 0 Å². The third-order valence-electron chi connectivity index (χ3n) is 6.59. The van der Waals surface area contributed by atoms with Crippen LogP contribution in [0, 0.1) is 17.7 Å². The first kappa shape index (κ1) is 28.4. The monoisotopic (exact) mass is 558 g/mol. The summed E-state index contributed by atoms with van der Waals surface area (Å²) in [7, 11) is -4.19. The van der Waals surface area contributed by atoms with Crippen molar-refractivity contribution in [3.63, 3.8) is 0 Å². The lowest BCUT2D eigenvalue weighted by Gasteiger charge is -2.34. The van der Waals surface area contributed by atoms with Crippen LogP contribution < -0.4 is 20.1 Å². The van der Waals surface area contributed by atoms with Crippen LogP contribution in [0.25, 0.3) is 11.3 Å². The number of halogens is 1. The Morgan fingerprint density at radius 2 is 1.97 bits per heavy atom. The summed E-state index contributed by atoms with van der Waals surface area (Å²) in [6.07, 6.45) is 0.856. The molecule has 3 aromatic rings. The highest BCUT2D eigenvalue weighted by Crippen LogP contribution is 2.38. The van der Waals surface area contributed by atoms with Gasteiger partial charge in [0.1, 0.15) is 17.4 Å². The van der Waals surface area contributed by atoms with E-state index < -0.39 is 21.7 Å². The second-order valence-electron chi connectivity index (χ2n) is 11.2. The van der Waals surface area contributed by atoms with E-state index >= 15 is 0 Å². The van der Waals surface area contributed by atoms with Gasteiger partial charge in [0, 0.05) is 32.3 Å². The van der Waals surface area contributed by atoms with Crippen molar-refractivity contribution in [3.05, 3.63) is 66.0 Å². The van der Waals surface area contributed by atoms with E-state index in [0.29, 0.717) is 41.9 Å². The molecule has 1 amide bonds. The predicted molar refractivity (Wildman–Crippen MR) is 155 cm³/mol. The fourth-order valence-electron chi connectivity index (χ4n) is 4.93.